The van der Waals surface area contributed by atoms with Gasteiger partial charge in [-0.05, 0) is 6.92 Å². The van der Waals surface area contributed by atoms with Gasteiger partial charge in [0.1, 0.15) is 0 Å². The number of β-amino-alcohol motifs (C(OH)–C–C–N with tert-alkyl or cyclic N) is 1. The first-order valence-corrected chi connectivity index (χ1v) is 3.85. The number of aliphatic hydroxyl groups is 1. The summed E-state index contributed by atoms with van der Waals surface area (Å²) < 4.78 is 0. The Kier molecular flexibility index (Phi) is 2.84. The molecule has 1 aliphatic heterocycles. The molecule has 2 N–H and O–H groups in total. The van der Waals surface area contributed by atoms with Crippen LogP contribution in [0, 0.1) is 0 Å². The maximum Gasteiger partial charge on any atom is 0.234 e. The fraction of sp³-hybridized carbons (Fsp3) is 0.857. The highest BCUT2D eigenvalue weighted by Crippen LogP contribution is 1.97. The lowest BCUT2D eigenvalue weighted by Gasteiger charge is -2.30. The standard InChI is InChI=1S/C7H14N2O2/c1-6-4-9(2-3-10)5-7(11)8-6/h6,10H,2-5H2,1H3,(H,8,11). The summed E-state index contributed by atoms with van der Waals surface area (Å²) in [5.74, 6) is 0.0530. The Morgan fingerprint density at radius 2 is 2.55 bits per heavy atom. The van der Waals surface area contributed by atoms with E-state index < -0.39 is 0 Å². The van der Waals surface area contributed by atoms with Gasteiger partial charge in [0.2, 0.25) is 5.91 Å². The Labute approximate surface area is 66.2 Å². The molecule has 0 aromatic carbocycles. The van der Waals surface area contributed by atoms with Gasteiger partial charge in [0.05, 0.1) is 13.2 Å². The second-order valence-electron chi connectivity index (χ2n) is 2.93. The van der Waals surface area contributed by atoms with E-state index in [1.54, 1.807) is 0 Å². The summed E-state index contributed by atoms with van der Waals surface area (Å²) in [6, 6.07) is 0.211. The topological polar surface area (TPSA) is 52.6 Å². The van der Waals surface area contributed by atoms with Crippen LogP contribution in [-0.2, 0) is 4.79 Å². The minimum absolute atomic E-state index is 0.0530. The van der Waals surface area contributed by atoms with E-state index >= 15 is 0 Å². The van der Waals surface area contributed by atoms with Gasteiger partial charge in [-0.25, -0.2) is 0 Å². The molecule has 0 aromatic heterocycles. The van der Waals surface area contributed by atoms with Crippen molar-refractivity contribution in [2.75, 3.05) is 26.2 Å². The maximum absolute atomic E-state index is 10.9. The molecule has 0 radical (unpaired) electrons. The molecule has 1 amide bonds. The van der Waals surface area contributed by atoms with Gasteiger partial charge >= 0.3 is 0 Å². The number of hydrogen-bond acceptors (Lipinski definition) is 3. The number of nitrogens with zero attached hydrogens (tertiary/aromatic N) is 1. The second kappa shape index (κ2) is 3.69. The monoisotopic (exact) mass is 158 g/mol. The fourth-order valence-corrected chi connectivity index (χ4v) is 1.33. The number of aliphatic hydroxyl groups excluding tert-OH is 1. The fourth-order valence-electron chi connectivity index (χ4n) is 1.33. The number of nitrogens with one attached hydrogen (secondary N) is 1. The molecule has 1 aliphatic rings. The van der Waals surface area contributed by atoms with Crippen LogP contribution in [0.25, 0.3) is 0 Å². The Hall–Kier alpha value is -0.610. The molecule has 4 heteroatoms. The van der Waals surface area contributed by atoms with Crippen molar-refractivity contribution < 1.29 is 9.90 Å². The smallest absolute Gasteiger partial charge is 0.234 e. The van der Waals surface area contributed by atoms with E-state index in [1.165, 1.54) is 0 Å². The molecule has 0 bridgehead atoms. The molecule has 1 heterocycles. The SMILES string of the molecule is CC1CN(CCO)CC(=O)N1. The molecule has 1 saturated heterocycles. The summed E-state index contributed by atoms with van der Waals surface area (Å²) in [4.78, 5) is 12.9. The summed E-state index contributed by atoms with van der Waals surface area (Å²) in [5.41, 5.74) is 0. The van der Waals surface area contributed by atoms with Crippen molar-refractivity contribution in [3.05, 3.63) is 0 Å². The average Bonchev–Trinajstić information content (AvgIpc) is 1.85. The van der Waals surface area contributed by atoms with Crippen molar-refractivity contribution >= 4 is 5.91 Å². The van der Waals surface area contributed by atoms with E-state index in [4.69, 9.17) is 5.11 Å². The van der Waals surface area contributed by atoms with Crippen LogP contribution < -0.4 is 5.32 Å². The lowest BCUT2D eigenvalue weighted by molar-refractivity contribution is -0.125. The molecular formula is C7H14N2O2. The molecule has 0 spiro atoms. The zero-order valence-electron chi connectivity index (χ0n) is 6.71. The van der Waals surface area contributed by atoms with Crippen LogP contribution in [-0.4, -0.2) is 48.2 Å². The zero-order chi connectivity index (χ0) is 8.27. The van der Waals surface area contributed by atoms with Crippen LogP contribution in [0.2, 0.25) is 0 Å². The predicted molar refractivity (Wildman–Crippen MR) is 41.1 cm³/mol. The third-order valence-corrected chi connectivity index (χ3v) is 1.72. The Morgan fingerprint density at radius 3 is 3.09 bits per heavy atom. The molecule has 0 aromatic rings. The third-order valence-electron chi connectivity index (χ3n) is 1.72. The minimum atomic E-state index is 0.0530. The Morgan fingerprint density at radius 1 is 1.82 bits per heavy atom. The van der Waals surface area contributed by atoms with Crippen molar-refractivity contribution in [1.29, 1.82) is 0 Å². The van der Waals surface area contributed by atoms with Crippen molar-refractivity contribution in [3.63, 3.8) is 0 Å². The van der Waals surface area contributed by atoms with Crippen LogP contribution in [0.1, 0.15) is 6.92 Å². The first-order valence-electron chi connectivity index (χ1n) is 3.85. The molecule has 1 atom stereocenters. The minimum Gasteiger partial charge on any atom is -0.395 e. The molecule has 4 nitrogen and oxygen atoms in total. The predicted octanol–water partition coefficient (Wildman–Crippen LogP) is -1.20. The van der Waals surface area contributed by atoms with Crippen LogP contribution in [0.5, 0.6) is 0 Å². The van der Waals surface area contributed by atoms with Crippen LogP contribution in [0.4, 0.5) is 0 Å². The summed E-state index contributed by atoms with van der Waals surface area (Å²) in [6.07, 6.45) is 0. The van der Waals surface area contributed by atoms with Crippen molar-refractivity contribution in [2.45, 2.75) is 13.0 Å². The highest BCUT2D eigenvalue weighted by atomic mass is 16.3. The third kappa shape index (κ3) is 2.48. The van der Waals surface area contributed by atoms with Gasteiger partial charge in [-0.1, -0.05) is 0 Å². The van der Waals surface area contributed by atoms with Crippen molar-refractivity contribution in [3.8, 4) is 0 Å². The lowest BCUT2D eigenvalue weighted by Crippen LogP contribution is -2.53. The summed E-state index contributed by atoms with van der Waals surface area (Å²) >= 11 is 0. The van der Waals surface area contributed by atoms with Crippen LogP contribution in [0.15, 0.2) is 0 Å². The number of amides is 1. The lowest BCUT2D eigenvalue weighted by atomic mass is 10.2. The Balaban J connectivity index is 2.36. The highest BCUT2D eigenvalue weighted by molar-refractivity contribution is 5.79. The zero-order valence-corrected chi connectivity index (χ0v) is 6.71. The molecule has 0 saturated carbocycles. The molecule has 11 heavy (non-hydrogen) atoms. The van der Waals surface area contributed by atoms with E-state index in [2.05, 4.69) is 5.32 Å². The average molecular weight is 158 g/mol. The molecular weight excluding hydrogens is 144 g/mol. The first kappa shape index (κ1) is 8.49. The molecule has 0 aliphatic carbocycles. The first-order chi connectivity index (χ1) is 5.22. The van der Waals surface area contributed by atoms with Crippen molar-refractivity contribution in [2.24, 2.45) is 0 Å². The highest BCUT2D eigenvalue weighted by Gasteiger charge is 2.20. The molecule has 1 fully saturated rings. The quantitative estimate of drug-likeness (QED) is 0.530. The van der Waals surface area contributed by atoms with Crippen LogP contribution >= 0.6 is 0 Å². The summed E-state index contributed by atoms with van der Waals surface area (Å²) in [5, 5.41) is 11.4. The maximum atomic E-state index is 10.9. The van der Waals surface area contributed by atoms with Crippen molar-refractivity contribution in [1.82, 2.24) is 10.2 Å². The molecule has 64 valence electrons. The number of hydrogen-bond donors (Lipinski definition) is 2. The largest absolute Gasteiger partial charge is 0.395 e. The van der Waals surface area contributed by atoms with E-state index in [-0.39, 0.29) is 18.6 Å². The van der Waals surface area contributed by atoms with E-state index in [0.717, 1.165) is 6.54 Å². The molecule has 1 unspecified atom stereocenters. The second-order valence-corrected chi connectivity index (χ2v) is 2.93. The number of carbonyl (C=O) groups excluding carboxylic acids is 1. The van der Waals surface area contributed by atoms with Gasteiger partial charge in [-0.3, -0.25) is 9.69 Å². The number of carbonyl (C=O) groups is 1. The summed E-state index contributed by atoms with van der Waals surface area (Å²) in [7, 11) is 0. The number of rotatable bonds is 2. The summed E-state index contributed by atoms with van der Waals surface area (Å²) in [6.45, 7) is 3.94. The van der Waals surface area contributed by atoms with E-state index in [9.17, 15) is 4.79 Å². The van der Waals surface area contributed by atoms with Gasteiger partial charge in [-0.15, -0.1) is 0 Å². The van der Waals surface area contributed by atoms with Gasteiger partial charge < -0.3 is 10.4 Å². The van der Waals surface area contributed by atoms with Gasteiger partial charge in [0, 0.05) is 19.1 Å². The molecule has 1 rings (SSSR count). The van der Waals surface area contributed by atoms with Gasteiger partial charge in [-0.2, -0.15) is 0 Å². The number of piperazine rings is 1. The van der Waals surface area contributed by atoms with E-state index in [1.807, 2.05) is 11.8 Å². The van der Waals surface area contributed by atoms with Gasteiger partial charge in [0.25, 0.3) is 0 Å². The Bertz CT molecular complexity index is 149. The van der Waals surface area contributed by atoms with Crippen LogP contribution in [0.3, 0.4) is 0 Å². The van der Waals surface area contributed by atoms with E-state index in [0.29, 0.717) is 13.1 Å². The van der Waals surface area contributed by atoms with Gasteiger partial charge in [0.15, 0.2) is 0 Å². The normalized spacial score (nSPS) is 26.7.